The third kappa shape index (κ3) is 6.55. The molecule has 0 aliphatic carbocycles. The molecule has 1 aliphatic heterocycles. The van der Waals surface area contributed by atoms with Gasteiger partial charge in [0.2, 0.25) is 5.91 Å². The highest BCUT2D eigenvalue weighted by molar-refractivity contribution is 6.30. The number of hydrogen-bond acceptors (Lipinski definition) is 4. The number of nitrogens with one attached hydrogen (secondary N) is 2. The van der Waals surface area contributed by atoms with E-state index in [4.69, 9.17) is 21.1 Å². The average Bonchev–Trinajstić information content (AvgIpc) is 3.04. The van der Waals surface area contributed by atoms with Crippen LogP contribution in [0.15, 0.2) is 24.3 Å². The van der Waals surface area contributed by atoms with Crippen molar-refractivity contribution >= 4 is 23.6 Å². The van der Waals surface area contributed by atoms with Crippen LogP contribution in [0.25, 0.3) is 0 Å². The molecule has 1 aromatic carbocycles. The molecule has 25 heavy (non-hydrogen) atoms. The number of benzene rings is 1. The maximum absolute atomic E-state index is 12.4. The summed E-state index contributed by atoms with van der Waals surface area (Å²) in [5.74, 6) is -0.253. The SMILES string of the molecule is CC(C)(C)OC(=O)NCC(NC(=O)C1CCOC1)c1cccc(Cl)c1. The lowest BCUT2D eigenvalue weighted by Gasteiger charge is -2.24. The molecule has 2 rings (SSSR count). The fourth-order valence-corrected chi connectivity index (χ4v) is 2.70. The average molecular weight is 369 g/mol. The maximum Gasteiger partial charge on any atom is 0.407 e. The summed E-state index contributed by atoms with van der Waals surface area (Å²) in [7, 11) is 0. The molecule has 2 N–H and O–H groups in total. The van der Waals surface area contributed by atoms with Gasteiger partial charge in [0.05, 0.1) is 18.6 Å². The minimum atomic E-state index is -0.583. The Morgan fingerprint density at radius 1 is 1.40 bits per heavy atom. The lowest BCUT2D eigenvalue weighted by atomic mass is 10.0. The van der Waals surface area contributed by atoms with E-state index in [9.17, 15) is 9.59 Å². The summed E-state index contributed by atoms with van der Waals surface area (Å²) in [6.45, 7) is 6.60. The number of hydrogen-bond donors (Lipinski definition) is 2. The van der Waals surface area contributed by atoms with Crippen molar-refractivity contribution in [3.8, 4) is 0 Å². The summed E-state index contributed by atoms with van der Waals surface area (Å²) >= 11 is 6.06. The second-order valence-corrected chi connectivity index (χ2v) is 7.50. The molecule has 7 heteroatoms. The van der Waals surface area contributed by atoms with Gasteiger partial charge in [-0.3, -0.25) is 4.79 Å². The topological polar surface area (TPSA) is 76.7 Å². The number of ether oxygens (including phenoxy) is 2. The Balaban J connectivity index is 2.03. The highest BCUT2D eigenvalue weighted by atomic mass is 35.5. The van der Waals surface area contributed by atoms with Crippen molar-refractivity contribution in [1.29, 1.82) is 0 Å². The lowest BCUT2D eigenvalue weighted by molar-refractivity contribution is -0.125. The van der Waals surface area contributed by atoms with Crippen LogP contribution in [0.5, 0.6) is 0 Å². The molecule has 1 aliphatic rings. The number of amides is 2. The van der Waals surface area contributed by atoms with Gasteiger partial charge in [0.1, 0.15) is 5.60 Å². The van der Waals surface area contributed by atoms with Crippen molar-refractivity contribution in [2.45, 2.75) is 38.8 Å². The summed E-state index contributed by atoms with van der Waals surface area (Å²) in [5.41, 5.74) is 0.232. The third-order valence-electron chi connectivity index (χ3n) is 3.72. The molecule has 1 saturated heterocycles. The normalized spacial score (nSPS) is 18.5. The Morgan fingerprint density at radius 3 is 2.76 bits per heavy atom. The van der Waals surface area contributed by atoms with Crippen LogP contribution >= 0.6 is 11.6 Å². The van der Waals surface area contributed by atoms with Crippen LogP contribution in [0.3, 0.4) is 0 Å². The van der Waals surface area contributed by atoms with Gasteiger partial charge in [-0.25, -0.2) is 4.79 Å². The van der Waals surface area contributed by atoms with E-state index >= 15 is 0 Å². The molecule has 1 fully saturated rings. The van der Waals surface area contributed by atoms with Gasteiger partial charge in [0, 0.05) is 18.2 Å². The standard InChI is InChI=1S/C18H25ClN2O4/c1-18(2,3)25-17(23)20-10-15(12-5-4-6-14(19)9-12)21-16(22)13-7-8-24-11-13/h4-6,9,13,15H,7-8,10-11H2,1-3H3,(H,20,23)(H,21,22). The van der Waals surface area contributed by atoms with Crippen molar-refractivity contribution in [2.24, 2.45) is 5.92 Å². The van der Waals surface area contributed by atoms with Gasteiger partial charge in [0.25, 0.3) is 0 Å². The number of carbonyl (C=O) groups excluding carboxylic acids is 2. The van der Waals surface area contributed by atoms with Crippen LogP contribution in [0.4, 0.5) is 4.79 Å². The van der Waals surface area contributed by atoms with Crippen molar-refractivity contribution < 1.29 is 19.1 Å². The highest BCUT2D eigenvalue weighted by Gasteiger charge is 2.26. The van der Waals surface area contributed by atoms with E-state index in [1.807, 2.05) is 12.1 Å². The molecule has 0 spiro atoms. The zero-order valence-corrected chi connectivity index (χ0v) is 15.6. The van der Waals surface area contributed by atoms with E-state index in [0.717, 1.165) is 5.56 Å². The summed E-state index contributed by atoms with van der Waals surface area (Å²) in [5, 5.41) is 6.24. The molecule has 2 amide bonds. The first-order chi connectivity index (χ1) is 11.7. The zero-order valence-electron chi connectivity index (χ0n) is 14.8. The highest BCUT2D eigenvalue weighted by Crippen LogP contribution is 2.20. The van der Waals surface area contributed by atoms with Gasteiger partial charge >= 0.3 is 6.09 Å². The first-order valence-electron chi connectivity index (χ1n) is 8.35. The number of carbonyl (C=O) groups is 2. The fourth-order valence-electron chi connectivity index (χ4n) is 2.51. The first-order valence-corrected chi connectivity index (χ1v) is 8.73. The largest absolute Gasteiger partial charge is 0.444 e. The Morgan fingerprint density at radius 2 is 2.16 bits per heavy atom. The molecule has 0 aromatic heterocycles. The van der Waals surface area contributed by atoms with E-state index in [-0.39, 0.29) is 18.4 Å². The van der Waals surface area contributed by atoms with Gasteiger partial charge in [-0.2, -0.15) is 0 Å². The Kier molecular flexibility index (Phi) is 6.67. The van der Waals surface area contributed by atoms with Crippen LogP contribution in [-0.4, -0.2) is 37.4 Å². The second kappa shape index (κ2) is 8.54. The Bertz CT molecular complexity index is 609. The summed E-state index contributed by atoms with van der Waals surface area (Å²) < 4.78 is 10.5. The predicted octanol–water partition coefficient (Wildman–Crippen LogP) is 3.06. The van der Waals surface area contributed by atoms with Crippen LogP contribution in [0, 0.1) is 5.92 Å². The van der Waals surface area contributed by atoms with Crippen molar-refractivity contribution in [3.05, 3.63) is 34.9 Å². The fraction of sp³-hybridized carbons (Fsp3) is 0.556. The first kappa shape index (κ1) is 19.5. The van der Waals surface area contributed by atoms with Crippen molar-refractivity contribution in [2.75, 3.05) is 19.8 Å². The zero-order chi connectivity index (χ0) is 18.4. The van der Waals surface area contributed by atoms with Crippen molar-refractivity contribution in [1.82, 2.24) is 10.6 Å². The van der Waals surface area contributed by atoms with Gasteiger partial charge < -0.3 is 20.1 Å². The summed E-state index contributed by atoms with van der Waals surface area (Å²) in [6, 6.07) is 6.80. The molecule has 0 bridgehead atoms. The molecule has 2 atom stereocenters. The monoisotopic (exact) mass is 368 g/mol. The van der Waals surface area contributed by atoms with E-state index < -0.39 is 17.7 Å². The molecular weight excluding hydrogens is 344 g/mol. The van der Waals surface area contributed by atoms with Gasteiger partial charge in [0.15, 0.2) is 0 Å². The van der Waals surface area contributed by atoms with Gasteiger partial charge in [-0.1, -0.05) is 23.7 Å². The molecule has 1 aromatic rings. The van der Waals surface area contributed by atoms with Crippen LogP contribution in [0.2, 0.25) is 5.02 Å². The quantitative estimate of drug-likeness (QED) is 0.837. The van der Waals surface area contributed by atoms with E-state index in [1.165, 1.54) is 0 Å². The molecule has 0 saturated carbocycles. The molecule has 1 heterocycles. The van der Waals surface area contributed by atoms with Gasteiger partial charge in [-0.15, -0.1) is 0 Å². The minimum Gasteiger partial charge on any atom is -0.444 e. The van der Waals surface area contributed by atoms with Crippen LogP contribution < -0.4 is 10.6 Å². The second-order valence-electron chi connectivity index (χ2n) is 7.06. The number of alkyl carbamates (subject to hydrolysis) is 1. The number of rotatable bonds is 5. The van der Waals surface area contributed by atoms with Crippen LogP contribution in [0.1, 0.15) is 38.8 Å². The number of halogens is 1. The molecule has 2 unspecified atom stereocenters. The molecule has 138 valence electrons. The maximum atomic E-state index is 12.4. The van der Waals surface area contributed by atoms with Crippen LogP contribution in [-0.2, 0) is 14.3 Å². The Labute approximate surface area is 153 Å². The molecular formula is C18H25ClN2O4. The Hall–Kier alpha value is -1.79. The summed E-state index contributed by atoms with van der Waals surface area (Å²) in [6.07, 6.45) is 0.172. The third-order valence-corrected chi connectivity index (χ3v) is 3.95. The van der Waals surface area contributed by atoms with Crippen molar-refractivity contribution in [3.63, 3.8) is 0 Å². The minimum absolute atomic E-state index is 0.0894. The lowest BCUT2D eigenvalue weighted by Crippen LogP contribution is -2.42. The molecule has 0 radical (unpaired) electrons. The van der Waals surface area contributed by atoms with Gasteiger partial charge in [-0.05, 0) is 44.9 Å². The van der Waals surface area contributed by atoms with E-state index in [1.54, 1.807) is 32.9 Å². The van der Waals surface area contributed by atoms with E-state index in [2.05, 4.69) is 10.6 Å². The summed E-state index contributed by atoms with van der Waals surface area (Å²) in [4.78, 5) is 24.3. The predicted molar refractivity (Wildman–Crippen MR) is 95.5 cm³/mol. The van der Waals surface area contributed by atoms with E-state index in [0.29, 0.717) is 24.7 Å². The smallest absolute Gasteiger partial charge is 0.407 e. The molecule has 6 nitrogen and oxygen atoms in total.